The Hall–Kier alpha value is -1.95. The highest BCUT2D eigenvalue weighted by Crippen LogP contribution is 2.27. The number of hydrogen-bond acceptors (Lipinski definition) is 4. The molecule has 0 saturated carbocycles. The first-order valence-corrected chi connectivity index (χ1v) is 6.00. The number of carboxylic acids is 1. The normalized spacial score (nSPS) is 24.2. The Bertz CT molecular complexity index is 580. The van der Waals surface area contributed by atoms with Crippen molar-refractivity contribution in [3.8, 4) is 0 Å². The zero-order valence-electron chi connectivity index (χ0n) is 9.78. The van der Waals surface area contributed by atoms with Crippen LogP contribution in [0.15, 0.2) is 24.5 Å². The maximum Gasteiger partial charge on any atom is 0.320 e. The van der Waals surface area contributed by atoms with Crippen LogP contribution >= 0.6 is 0 Å². The van der Waals surface area contributed by atoms with Crippen LogP contribution in [0.4, 0.5) is 0 Å². The molecular formula is C12H14N4O2. The molecule has 6 heteroatoms. The summed E-state index contributed by atoms with van der Waals surface area (Å²) in [4.78, 5) is 15.2. The summed E-state index contributed by atoms with van der Waals surface area (Å²) < 4.78 is 1.80. The number of fused-ring (bicyclic) bond motifs is 1. The van der Waals surface area contributed by atoms with Gasteiger partial charge in [0.15, 0.2) is 5.65 Å². The lowest BCUT2D eigenvalue weighted by molar-refractivity contribution is -0.140. The number of nitrogens with zero attached hydrogens (tertiary/aromatic N) is 3. The first-order chi connectivity index (χ1) is 8.75. The van der Waals surface area contributed by atoms with Crippen LogP contribution in [0, 0.1) is 0 Å². The molecule has 0 aromatic carbocycles. The molecular weight excluding hydrogens is 232 g/mol. The van der Waals surface area contributed by atoms with Crippen molar-refractivity contribution in [2.45, 2.75) is 24.8 Å². The third kappa shape index (κ3) is 1.84. The second-order valence-electron chi connectivity index (χ2n) is 4.55. The van der Waals surface area contributed by atoms with E-state index in [1.54, 1.807) is 4.52 Å². The van der Waals surface area contributed by atoms with Gasteiger partial charge in [-0.2, -0.15) is 5.10 Å². The first kappa shape index (κ1) is 11.2. The lowest BCUT2D eigenvalue weighted by atomic mass is 9.89. The Morgan fingerprint density at radius 2 is 2.39 bits per heavy atom. The van der Waals surface area contributed by atoms with Crippen LogP contribution in [-0.4, -0.2) is 38.3 Å². The van der Waals surface area contributed by atoms with E-state index in [1.165, 1.54) is 6.33 Å². The van der Waals surface area contributed by atoms with Gasteiger partial charge >= 0.3 is 5.97 Å². The predicted molar refractivity (Wildman–Crippen MR) is 64.4 cm³/mol. The van der Waals surface area contributed by atoms with Crippen molar-refractivity contribution in [1.29, 1.82) is 0 Å². The molecule has 1 aliphatic rings. The summed E-state index contributed by atoms with van der Waals surface area (Å²) in [5.74, 6) is -0.580. The third-order valence-electron chi connectivity index (χ3n) is 3.45. The van der Waals surface area contributed by atoms with Crippen molar-refractivity contribution >= 4 is 11.6 Å². The van der Waals surface area contributed by atoms with Gasteiger partial charge in [-0.15, -0.1) is 0 Å². The number of rotatable bonds is 2. The molecule has 18 heavy (non-hydrogen) atoms. The number of pyridine rings is 1. The molecule has 0 spiro atoms. The van der Waals surface area contributed by atoms with E-state index in [1.807, 2.05) is 18.2 Å². The van der Waals surface area contributed by atoms with Crippen LogP contribution < -0.4 is 5.32 Å². The topological polar surface area (TPSA) is 79.5 Å². The van der Waals surface area contributed by atoms with Crippen molar-refractivity contribution in [2.24, 2.45) is 0 Å². The number of piperidine rings is 1. The van der Waals surface area contributed by atoms with Crippen LogP contribution in [-0.2, 0) is 4.79 Å². The summed E-state index contributed by atoms with van der Waals surface area (Å²) in [6, 6.07) is 5.36. The minimum Gasteiger partial charge on any atom is -0.480 e. The quantitative estimate of drug-likeness (QED) is 0.813. The van der Waals surface area contributed by atoms with E-state index in [9.17, 15) is 4.79 Å². The molecule has 2 N–H and O–H groups in total. The van der Waals surface area contributed by atoms with E-state index in [0.717, 1.165) is 17.8 Å². The van der Waals surface area contributed by atoms with E-state index < -0.39 is 12.0 Å². The van der Waals surface area contributed by atoms with E-state index >= 15 is 0 Å². The highest BCUT2D eigenvalue weighted by molar-refractivity contribution is 5.73. The number of hydrogen-bond donors (Lipinski definition) is 2. The second-order valence-corrected chi connectivity index (χ2v) is 4.55. The van der Waals surface area contributed by atoms with Gasteiger partial charge in [-0.1, -0.05) is 6.07 Å². The Kier molecular flexibility index (Phi) is 2.71. The molecule has 2 aromatic heterocycles. The van der Waals surface area contributed by atoms with Gasteiger partial charge in [0.1, 0.15) is 12.4 Å². The fourth-order valence-corrected chi connectivity index (χ4v) is 2.55. The molecule has 2 aromatic rings. The summed E-state index contributed by atoms with van der Waals surface area (Å²) in [6.45, 7) is 0.715. The number of aliphatic carboxylic acids is 1. The smallest absolute Gasteiger partial charge is 0.320 e. The molecule has 0 bridgehead atoms. The van der Waals surface area contributed by atoms with Gasteiger partial charge in [-0.3, -0.25) is 4.79 Å². The SMILES string of the molecule is O=C(O)C1CC(c2cccc3ncnn23)CCN1. The Labute approximate surface area is 104 Å². The molecule has 1 aliphatic heterocycles. The van der Waals surface area contributed by atoms with Crippen LogP contribution in [0.5, 0.6) is 0 Å². The Morgan fingerprint density at radius 3 is 3.22 bits per heavy atom. The summed E-state index contributed by atoms with van der Waals surface area (Å²) in [5, 5.41) is 16.3. The van der Waals surface area contributed by atoms with Crippen molar-refractivity contribution in [3.05, 3.63) is 30.2 Å². The van der Waals surface area contributed by atoms with E-state index in [4.69, 9.17) is 5.11 Å². The van der Waals surface area contributed by atoms with Gasteiger partial charge in [-0.25, -0.2) is 9.50 Å². The number of carboxylic acid groups (broad SMARTS) is 1. The summed E-state index contributed by atoms with van der Waals surface area (Å²) in [6.07, 6.45) is 3.03. The predicted octanol–water partition coefficient (Wildman–Crippen LogP) is 0.649. The second kappa shape index (κ2) is 4.38. The number of nitrogens with one attached hydrogen (secondary N) is 1. The molecule has 94 valence electrons. The van der Waals surface area contributed by atoms with Crippen molar-refractivity contribution in [3.63, 3.8) is 0 Å². The zero-order valence-corrected chi connectivity index (χ0v) is 9.78. The fraction of sp³-hybridized carbons (Fsp3) is 0.417. The van der Waals surface area contributed by atoms with Crippen molar-refractivity contribution in [2.75, 3.05) is 6.54 Å². The summed E-state index contributed by atoms with van der Waals surface area (Å²) in [5.41, 5.74) is 1.84. The lowest BCUT2D eigenvalue weighted by Crippen LogP contribution is -2.43. The molecule has 0 radical (unpaired) electrons. The van der Waals surface area contributed by atoms with E-state index in [0.29, 0.717) is 13.0 Å². The average Bonchev–Trinajstić information content (AvgIpc) is 2.87. The lowest BCUT2D eigenvalue weighted by Gasteiger charge is -2.28. The van der Waals surface area contributed by atoms with Gasteiger partial charge in [0.2, 0.25) is 0 Å². The molecule has 3 heterocycles. The molecule has 0 aliphatic carbocycles. The Morgan fingerprint density at radius 1 is 1.50 bits per heavy atom. The Balaban J connectivity index is 1.94. The van der Waals surface area contributed by atoms with Gasteiger partial charge in [0.25, 0.3) is 0 Å². The van der Waals surface area contributed by atoms with Gasteiger partial charge in [-0.05, 0) is 31.5 Å². The van der Waals surface area contributed by atoms with Crippen LogP contribution in [0.1, 0.15) is 24.5 Å². The highest BCUT2D eigenvalue weighted by Gasteiger charge is 2.28. The average molecular weight is 246 g/mol. The molecule has 2 atom stereocenters. The van der Waals surface area contributed by atoms with Gasteiger partial charge in [0.05, 0.1) is 0 Å². The van der Waals surface area contributed by atoms with Gasteiger partial charge < -0.3 is 10.4 Å². The number of aromatic nitrogens is 3. The monoisotopic (exact) mass is 246 g/mol. The maximum absolute atomic E-state index is 11.0. The third-order valence-corrected chi connectivity index (χ3v) is 3.45. The number of carbonyl (C=O) groups is 1. The minimum atomic E-state index is -0.787. The molecule has 1 fully saturated rings. The van der Waals surface area contributed by atoms with Crippen molar-refractivity contribution in [1.82, 2.24) is 19.9 Å². The minimum absolute atomic E-state index is 0.206. The molecule has 3 rings (SSSR count). The van der Waals surface area contributed by atoms with E-state index in [-0.39, 0.29) is 5.92 Å². The largest absolute Gasteiger partial charge is 0.480 e. The van der Waals surface area contributed by atoms with Crippen LogP contribution in [0.2, 0.25) is 0 Å². The summed E-state index contributed by atoms with van der Waals surface area (Å²) >= 11 is 0. The van der Waals surface area contributed by atoms with Gasteiger partial charge in [0, 0.05) is 11.6 Å². The van der Waals surface area contributed by atoms with Crippen LogP contribution in [0.25, 0.3) is 5.65 Å². The highest BCUT2D eigenvalue weighted by atomic mass is 16.4. The summed E-state index contributed by atoms with van der Waals surface area (Å²) in [7, 11) is 0. The maximum atomic E-state index is 11.0. The van der Waals surface area contributed by atoms with Crippen LogP contribution in [0.3, 0.4) is 0 Å². The van der Waals surface area contributed by atoms with Crippen molar-refractivity contribution < 1.29 is 9.90 Å². The molecule has 1 saturated heterocycles. The standard InChI is InChI=1S/C12H14N4O2/c17-12(18)9-6-8(4-5-13-9)10-2-1-3-11-14-7-15-16(10)11/h1-3,7-9,13H,4-6H2,(H,17,18). The zero-order chi connectivity index (χ0) is 12.5. The fourth-order valence-electron chi connectivity index (χ4n) is 2.55. The first-order valence-electron chi connectivity index (χ1n) is 6.00. The molecule has 0 amide bonds. The molecule has 2 unspecified atom stereocenters. The van der Waals surface area contributed by atoms with E-state index in [2.05, 4.69) is 15.4 Å². The molecule has 6 nitrogen and oxygen atoms in total.